The second-order valence-corrected chi connectivity index (χ2v) is 6.40. The van der Waals surface area contributed by atoms with Gasteiger partial charge in [0.05, 0.1) is 18.8 Å². The van der Waals surface area contributed by atoms with Crippen molar-refractivity contribution in [2.45, 2.75) is 12.7 Å². The zero-order valence-corrected chi connectivity index (χ0v) is 13.1. The van der Waals surface area contributed by atoms with E-state index in [2.05, 4.69) is 0 Å². The first-order valence-corrected chi connectivity index (χ1v) is 8.01. The number of rotatable bonds is 5. The number of hydrogen-bond acceptors (Lipinski definition) is 2. The Morgan fingerprint density at radius 2 is 2.00 bits per heavy atom. The van der Waals surface area contributed by atoms with Crippen LogP contribution in [0.25, 0.3) is 0 Å². The molecule has 0 N–H and O–H groups in total. The lowest BCUT2D eigenvalue weighted by Crippen LogP contribution is -2.34. The van der Waals surface area contributed by atoms with Crippen LogP contribution in [0.4, 0.5) is 13.2 Å². The van der Waals surface area contributed by atoms with Crippen LogP contribution in [0.1, 0.15) is 11.1 Å². The van der Waals surface area contributed by atoms with Crippen LogP contribution in [0.5, 0.6) is 0 Å². The molecule has 0 radical (unpaired) electrons. The van der Waals surface area contributed by atoms with Gasteiger partial charge in [-0.1, -0.05) is 12.1 Å². The molecule has 23 heavy (non-hydrogen) atoms. The molecule has 1 aromatic carbocycles. The molecule has 2 aliphatic rings. The lowest BCUT2D eigenvalue weighted by Gasteiger charge is -2.23. The fourth-order valence-electron chi connectivity index (χ4n) is 3.29. The summed E-state index contributed by atoms with van der Waals surface area (Å²) in [6.07, 6.45) is -4.39. The summed E-state index contributed by atoms with van der Waals surface area (Å²) in [5.41, 5.74) is -0.245. The van der Waals surface area contributed by atoms with Gasteiger partial charge in [0.25, 0.3) is 0 Å². The standard InChI is InChI=1S/C16H17ClF3NO2/c17-5-15(22)21(7-12-13-8-23-9-14(12)13)6-10-2-1-3-11(4-10)16(18,19)20/h1-4,12-14H,5-9H2. The number of benzene rings is 1. The summed E-state index contributed by atoms with van der Waals surface area (Å²) in [6, 6.07) is 5.08. The normalized spacial score (nSPS) is 26.0. The van der Waals surface area contributed by atoms with Crippen LogP contribution in [-0.4, -0.2) is 36.4 Å². The van der Waals surface area contributed by atoms with E-state index in [0.717, 1.165) is 12.1 Å². The summed E-state index contributed by atoms with van der Waals surface area (Å²) in [7, 11) is 0. The molecule has 1 aromatic rings. The lowest BCUT2D eigenvalue weighted by atomic mass is 10.1. The SMILES string of the molecule is O=C(CCl)N(Cc1cccc(C(F)(F)F)c1)CC1C2COCC21. The third-order valence-corrected chi connectivity index (χ3v) is 4.88. The first kappa shape index (κ1) is 16.6. The van der Waals surface area contributed by atoms with Gasteiger partial charge in [-0.3, -0.25) is 4.79 Å². The molecule has 1 saturated heterocycles. The second-order valence-electron chi connectivity index (χ2n) is 6.14. The Kier molecular flexibility index (Phi) is 4.56. The summed E-state index contributed by atoms with van der Waals surface area (Å²) < 4.78 is 43.7. The highest BCUT2D eigenvalue weighted by Gasteiger charge is 2.54. The van der Waals surface area contributed by atoms with Crippen molar-refractivity contribution in [3.8, 4) is 0 Å². The zero-order valence-electron chi connectivity index (χ0n) is 12.4. The quantitative estimate of drug-likeness (QED) is 0.766. The van der Waals surface area contributed by atoms with E-state index in [-0.39, 0.29) is 18.3 Å². The maximum atomic E-state index is 12.8. The van der Waals surface area contributed by atoms with Crippen molar-refractivity contribution >= 4 is 17.5 Å². The van der Waals surface area contributed by atoms with Crippen molar-refractivity contribution in [3.63, 3.8) is 0 Å². The molecular formula is C16H17ClF3NO2. The number of alkyl halides is 4. The highest BCUT2D eigenvalue weighted by molar-refractivity contribution is 6.27. The van der Waals surface area contributed by atoms with Crippen LogP contribution in [0.15, 0.2) is 24.3 Å². The van der Waals surface area contributed by atoms with Crippen LogP contribution >= 0.6 is 11.6 Å². The minimum Gasteiger partial charge on any atom is -0.381 e. The average molecular weight is 348 g/mol. The molecule has 2 fully saturated rings. The van der Waals surface area contributed by atoms with E-state index >= 15 is 0 Å². The van der Waals surface area contributed by atoms with Gasteiger partial charge in [0.2, 0.25) is 5.91 Å². The molecule has 1 amide bonds. The highest BCUT2D eigenvalue weighted by Crippen LogP contribution is 2.51. The zero-order chi connectivity index (χ0) is 16.6. The Bertz CT molecular complexity index is 583. The van der Waals surface area contributed by atoms with E-state index < -0.39 is 11.7 Å². The predicted octanol–water partition coefficient (Wildman–Crippen LogP) is 3.17. The maximum absolute atomic E-state index is 12.8. The van der Waals surface area contributed by atoms with E-state index in [1.807, 2.05) is 0 Å². The molecule has 0 spiro atoms. The van der Waals surface area contributed by atoms with Crippen LogP contribution in [0.2, 0.25) is 0 Å². The molecule has 7 heteroatoms. The predicted molar refractivity (Wildman–Crippen MR) is 78.9 cm³/mol. The summed E-state index contributed by atoms with van der Waals surface area (Å²) in [6.45, 7) is 2.09. The first-order chi connectivity index (χ1) is 10.9. The van der Waals surface area contributed by atoms with Crippen LogP contribution in [-0.2, 0) is 22.3 Å². The van der Waals surface area contributed by atoms with Crippen molar-refractivity contribution in [1.82, 2.24) is 4.90 Å². The van der Waals surface area contributed by atoms with Crippen LogP contribution in [0, 0.1) is 17.8 Å². The minimum atomic E-state index is -4.39. The van der Waals surface area contributed by atoms with Crippen molar-refractivity contribution in [3.05, 3.63) is 35.4 Å². The van der Waals surface area contributed by atoms with Crippen LogP contribution < -0.4 is 0 Å². The van der Waals surface area contributed by atoms with Gasteiger partial charge in [0.15, 0.2) is 0 Å². The Balaban J connectivity index is 1.70. The largest absolute Gasteiger partial charge is 0.416 e. The molecule has 3 rings (SSSR count). The van der Waals surface area contributed by atoms with Gasteiger partial charge in [-0.2, -0.15) is 13.2 Å². The number of halogens is 4. The van der Waals surface area contributed by atoms with Gasteiger partial charge in [-0.25, -0.2) is 0 Å². The maximum Gasteiger partial charge on any atom is 0.416 e. The number of carbonyl (C=O) groups excluding carboxylic acids is 1. The monoisotopic (exact) mass is 347 g/mol. The second kappa shape index (κ2) is 6.32. The number of fused-ring (bicyclic) bond motifs is 1. The molecule has 1 saturated carbocycles. The number of nitrogens with zero attached hydrogens (tertiary/aromatic N) is 1. The van der Waals surface area contributed by atoms with Crippen molar-refractivity contribution < 1.29 is 22.7 Å². The smallest absolute Gasteiger partial charge is 0.381 e. The van der Waals surface area contributed by atoms with E-state index in [4.69, 9.17) is 16.3 Å². The number of hydrogen-bond donors (Lipinski definition) is 0. The van der Waals surface area contributed by atoms with E-state index in [9.17, 15) is 18.0 Å². The van der Waals surface area contributed by atoms with E-state index in [1.165, 1.54) is 6.07 Å². The Morgan fingerprint density at radius 3 is 2.61 bits per heavy atom. The lowest BCUT2D eigenvalue weighted by molar-refractivity contribution is -0.137. The fraction of sp³-hybridized carbons (Fsp3) is 0.562. The third-order valence-electron chi connectivity index (χ3n) is 4.66. The van der Waals surface area contributed by atoms with Gasteiger partial charge in [-0.05, 0) is 35.4 Å². The minimum absolute atomic E-state index is 0.145. The molecule has 3 nitrogen and oxygen atoms in total. The van der Waals surface area contributed by atoms with Gasteiger partial charge >= 0.3 is 6.18 Å². The van der Waals surface area contributed by atoms with E-state index in [1.54, 1.807) is 11.0 Å². The molecule has 2 atom stereocenters. The van der Waals surface area contributed by atoms with Crippen molar-refractivity contribution in [2.75, 3.05) is 25.6 Å². The molecule has 2 unspecified atom stereocenters. The molecule has 1 aliphatic heterocycles. The van der Waals surface area contributed by atoms with Crippen molar-refractivity contribution in [1.29, 1.82) is 0 Å². The Labute approximate surface area is 137 Å². The average Bonchev–Trinajstić information content (AvgIpc) is 2.95. The summed E-state index contributed by atoms with van der Waals surface area (Å²) in [5, 5.41) is 0. The number of ether oxygens (including phenoxy) is 1. The topological polar surface area (TPSA) is 29.5 Å². The Hall–Kier alpha value is -1.27. The number of amides is 1. The summed E-state index contributed by atoms with van der Waals surface area (Å²) in [5.74, 6) is 0.901. The Morgan fingerprint density at radius 1 is 1.30 bits per heavy atom. The molecule has 0 bridgehead atoms. The molecule has 126 valence electrons. The summed E-state index contributed by atoms with van der Waals surface area (Å²) >= 11 is 5.65. The summed E-state index contributed by atoms with van der Waals surface area (Å²) in [4.78, 5) is 13.6. The van der Waals surface area contributed by atoms with E-state index in [0.29, 0.717) is 43.1 Å². The highest BCUT2D eigenvalue weighted by atomic mass is 35.5. The molecule has 0 aromatic heterocycles. The number of carbonyl (C=O) groups is 1. The van der Waals surface area contributed by atoms with Gasteiger partial charge < -0.3 is 9.64 Å². The van der Waals surface area contributed by atoms with Gasteiger partial charge in [0.1, 0.15) is 5.88 Å². The van der Waals surface area contributed by atoms with Crippen LogP contribution in [0.3, 0.4) is 0 Å². The van der Waals surface area contributed by atoms with Gasteiger partial charge in [0, 0.05) is 13.1 Å². The van der Waals surface area contributed by atoms with Gasteiger partial charge in [-0.15, -0.1) is 11.6 Å². The molecule has 1 heterocycles. The fourth-order valence-corrected chi connectivity index (χ4v) is 3.46. The first-order valence-electron chi connectivity index (χ1n) is 7.47. The third kappa shape index (κ3) is 3.63. The van der Waals surface area contributed by atoms with Crippen molar-refractivity contribution in [2.24, 2.45) is 17.8 Å². The molecule has 1 aliphatic carbocycles. The molecular weight excluding hydrogens is 331 g/mol.